The van der Waals surface area contributed by atoms with Crippen molar-refractivity contribution in [3.63, 3.8) is 0 Å². The Morgan fingerprint density at radius 3 is 2.29 bits per heavy atom. The summed E-state index contributed by atoms with van der Waals surface area (Å²) < 4.78 is 0. The number of aryl methyl sites for hydroxylation is 1. The molecule has 1 nitrogen and oxygen atoms in total. The average molecular weight is 250 g/mol. The van der Waals surface area contributed by atoms with Crippen LogP contribution in [0, 0.1) is 0 Å². The van der Waals surface area contributed by atoms with Crippen molar-refractivity contribution in [2.75, 3.05) is 6.61 Å². The molecule has 1 aromatic rings. The van der Waals surface area contributed by atoms with E-state index >= 15 is 0 Å². The molecule has 0 aliphatic heterocycles. The van der Waals surface area contributed by atoms with Gasteiger partial charge >= 0.3 is 0 Å². The fraction of sp³-hybridized carbons (Fsp3) is 0.600. The Balaban J connectivity index is 2.88. The quantitative estimate of drug-likeness (QED) is 0.770. The Morgan fingerprint density at radius 1 is 1.12 bits per heavy atom. The van der Waals surface area contributed by atoms with Crippen molar-refractivity contribution in [3.05, 3.63) is 29.8 Å². The summed E-state index contributed by atoms with van der Waals surface area (Å²) >= 11 is 0. The third-order valence-electron chi connectivity index (χ3n) is 3.40. The Kier molecular flexibility index (Phi) is 5.93. The summed E-state index contributed by atoms with van der Waals surface area (Å²) in [7, 11) is -0.863. The summed E-state index contributed by atoms with van der Waals surface area (Å²) in [5.41, 5.74) is 3.00. The summed E-state index contributed by atoms with van der Waals surface area (Å²) in [5, 5.41) is 10.5. The molecular weight excluding hydrogens is 224 g/mol. The monoisotopic (exact) mass is 250 g/mol. The first kappa shape index (κ1) is 14.5. The summed E-state index contributed by atoms with van der Waals surface area (Å²) in [6.45, 7) is 9.72. The molecule has 1 rings (SSSR count). The van der Waals surface area contributed by atoms with Gasteiger partial charge in [-0.15, -0.1) is 0 Å². The molecule has 0 saturated carbocycles. The average Bonchev–Trinajstić information content (AvgIpc) is 2.26. The lowest BCUT2D eigenvalue weighted by atomic mass is 10.1. The number of benzene rings is 1. The van der Waals surface area contributed by atoms with Crippen LogP contribution < -0.4 is 5.19 Å². The largest absolute Gasteiger partial charge is 0.396 e. The van der Waals surface area contributed by atoms with Gasteiger partial charge in [0.15, 0.2) is 0 Å². The highest BCUT2D eigenvalue weighted by Crippen LogP contribution is 2.20. The number of hydrogen-bond acceptors (Lipinski definition) is 1. The van der Waals surface area contributed by atoms with E-state index in [0.717, 1.165) is 23.9 Å². The van der Waals surface area contributed by atoms with Crippen LogP contribution in [-0.4, -0.2) is 20.5 Å². The number of aliphatic hydroxyl groups excluding tert-OH is 1. The smallest absolute Gasteiger partial charge is 0.0758 e. The van der Waals surface area contributed by atoms with Gasteiger partial charge in [0, 0.05) is 6.61 Å². The third kappa shape index (κ3) is 4.28. The maximum absolute atomic E-state index is 8.89. The molecule has 0 aromatic heterocycles. The van der Waals surface area contributed by atoms with Crippen molar-refractivity contribution in [2.45, 2.75) is 51.6 Å². The summed E-state index contributed by atoms with van der Waals surface area (Å²) in [5.74, 6) is 0. The van der Waals surface area contributed by atoms with Crippen LogP contribution in [0.4, 0.5) is 0 Å². The van der Waals surface area contributed by atoms with Crippen LogP contribution in [0.3, 0.4) is 0 Å². The fourth-order valence-electron chi connectivity index (χ4n) is 2.78. The molecule has 1 aromatic carbocycles. The lowest BCUT2D eigenvalue weighted by Gasteiger charge is -2.24. The highest BCUT2D eigenvalue weighted by Gasteiger charge is 2.21. The lowest BCUT2D eigenvalue weighted by molar-refractivity contribution is 0.288. The van der Waals surface area contributed by atoms with Gasteiger partial charge in [0.2, 0.25) is 0 Å². The van der Waals surface area contributed by atoms with E-state index in [1.165, 1.54) is 5.56 Å². The van der Waals surface area contributed by atoms with Crippen molar-refractivity contribution in [1.29, 1.82) is 0 Å². The molecule has 0 amide bonds. The van der Waals surface area contributed by atoms with Crippen LogP contribution in [0.1, 0.15) is 39.7 Å². The van der Waals surface area contributed by atoms with E-state index in [9.17, 15) is 0 Å². The molecule has 1 N–H and O–H groups in total. The van der Waals surface area contributed by atoms with Crippen LogP contribution in [-0.2, 0) is 6.42 Å². The second-order valence-corrected chi connectivity index (χ2v) is 9.97. The zero-order chi connectivity index (χ0) is 12.8. The Hall–Kier alpha value is -0.603. The van der Waals surface area contributed by atoms with E-state index in [0.29, 0.717) is 6.61 Å². The first-order chi connectivity index (χ1) is 8.06. The number of rotatable bonds is 6. The topological polar surface area (TPSA) is 20.2 Å². The van der Waals surface area contributed by atoms with Gasteiger partial charge in [-0.25, -0.2) is 0 Å². The minimum atomic E-state index is -0.863. The van der Waals surface area contributed by atoms with Gasteiger partial charge in [-0.3, -0.25) is 0 Å². The molecule has 96 valence electrons. The van der Waals surface area contributed by atoms with Crippen molar-refractivity contribution in [3.8, 4) is 0 Å². The molecule has 0 bridgehead atoms. The van der Waals surface area contributed by atoms with Gasteiger partial charge in [0.05, 0.1) is 8.80 Å². The standard InChI is InChI=1S/C15H26OSi/c1-12(2)17(13(3)4)15-9-5-7-14(11-15)8-6-10-16/h5,7,9,11-13,16-17H,6,8,10H2,1-4H3. The van der Waals surface area contributed by atoms with Gasteiger partial charge < -0.3 is 5.11 Å². The fourth-order valence-corrected chi connectivity index (χ4v) is 6.60. The van der Waals surface area contributed by atoms with E-state index < -0.39 is 8.80 Å². The molecule has 0 aliphatic carbocycles. The highest BCUT2D eigenvalue weighted by molar-refractivity contribution is 6.75. The van der Waals surface area contributed by atoms with Crippen molar-refractivity contribution < 1.29 is 5.11 Å². The molecule has 0 fully saturated rings. The molecule has 0 heterocycles. The zero-order valence-corrected chi connectivity index (χ0v) is 12.8. The highest BCUT2D eigenvalue weighted by atomic mass is 28.3. The molecule has 2 heteroatoms. The maximum Gasteiger partial charge on any atom is 0.0758 e. The Bertz CT molecular complexity index is 325. The van der Waals surface area contributed by atoms with Gasteiger partial charge in [-0.2, -0.15) is 0 Å². The van der Waals surface area contributed by atoms with Crippen LogP contribution in [0.15, 0.2) is 24.3 Å². The Labute approximate surface area is 107 Å². The van der Waals surface area contributed by atoms with E-state index in [1.54, 1.807) is 5.19 Å². The zero-order valence-electron chi connectivity index (χ0n) is 11.6. The van der Waals surface area contributed by atoms with Crippen LogP contribution in [0.25, 0.3) is 0 Å². The van der Waals surface area contributed by atoms with Gasteiger partial charge in [-0.1, -0.05) is 57.1 Å². The minimum Gasteiger partial charge on any atom is -0.396 e. The molecule has 0 atom stereocenters. The van der Waals surface area contributed by atoms with E-state index in [2.05, 4.69) is 52.0 Å². The van der Waals surface area contributed by atoms with Crippen LogP contribution in [0.2, 0.25) is 11.1 Å². The molecular formula is C15H26OSi. The molecule has 0 spiro atoms. The molecule has 0 unspecified atom stereocenters. The molecule has 0 radical (unpaired) electrons. The maximum atomic E-state index is 8.89. The summed E-state index contributed by atoms with van der Waals surface area (Å²) in [6, 6.07) is 9.06. The molecule has 0 aliphatic rings. The molecule has 17 heavy (non-hydrogen) atoms. The van der Waals surface area contributed by atoms with Crippen molar-refractivity contribution in [2.24, 2.45) is 0 Å². The lowest BCUT2D eigenvalue weighted by Crippen LogP contribution is -2.36. The second kappa shape index (κ2) is 6.97. The number of hydrogen-bond donors (Lipinski definition) is 1. The normalized spacial score (nSPS) is 11.8. The first-order valence-corrected chi connectivity index (χ1v) is 8.67. The predicted molar refractivity (Wildman–Crippen MR) is 78.8 cm³/mol. The van der Waals surface area contributed by atoms with Gasteiger partial charge in [-0.05, 0) is 29.5 Å². The van der Waals surface area contributed by atoms with Crippen LogP contribution in [0.5, 0.6) is 0 Å². The summed E-state index contributed by atoms with van der Waals surface area (Å²) in [6.07, 6.45) is 1.88. The van der Waals surface area contributed by atoms with Crippen molar-refractivity contribution >= 4 is 14.0 Å². The number of aliphatic hydroxyl groups is 1. The van der Waals surface area contributed by atoms with Gasteiger partial charge in [0.25, 0.3) is 0 Å². The van der Waals surface area contributed by atoms with E-state index in [4.69, 9.17) is 5.11 Å². The van der Waals surface area contributed by atoms with Crippen molar-refractivity contribution in [1.82, 2.24) is 0 Å². The van der Waals surface area contributed by atoms with E-state index in [1.807, 2.05) is 0 Å². The first-order valence-electron chi connectivity index (χ1n) is 6.76. The Morgan fingerprint density at radius 2 is 1.76 bits per heavy atom. The third-order valence-corrected chi connectivity index (χ3v) is 7.40. The second-order valence-electron chi connectivity index (χ2n) is 5.59. The SMILES string of the molecule is CC(C)[SiH](c1cccc(CCCO)c1)C(C)C. The van der Waals surface area contributed by atoms with Gasteiger partial charge in [0.1, 0.15) is 0 Å². The van der Waals surface area contributed by atoms with Crippen LogP contribution >= 0.6 is 0 Å². The predicted octanol–water partition coefficient (Wildman–Crippen LogP) is 2.87. The summed E-state index contributed by atoms with van der Waals surface area (Å²) in [4.78, 5) is 0. The van der Waals surface area contributed by atoms with E-state index in [-0.39, 0.29) is 0 Å². The molecule has 0 saturated heterocycles. The minimum absolute atomic E-state index is 0.291.